The third-order valence-electron chi connectivity index (χ3n) is 8.15. The lowest BCUT2D eigenvalue weighted by atomic mass is 9.89. The molecule has 12 heteroatoms. The molecule has 0 atom stereocenters. The molecule has 2 aromatic carbocycles. The Labute approximate surface area is 245 Å². The van der Waals surface area contributed by atoms with Gasteiger partial charge in [-0.3, -0.25) is 19.1 Å². The summed E-state index contributed by atoms with van der Waals surface area (Å²) in [5, 5.41) is 5.13. The van der Waals surface area contributed by atoms with Gasteiger partial charge in [-0.2, -0.15) is 9.97 Å². The van der Waals surface area contributed by atoms with Crippen LogP contribution in [0.25, 0.3) is 11.4 Å². The SMILES string of the molecule is CNC1(C)CCN(C(=O)c2ccc([NH2+]c3ncc4c(n3)-c3c(sc(=O)n3C)C(c3c(F)cccc3F)=NC4)cc2)CC1. The van der Waals surface area contributed by atoms with E-state index < -0.39 is 11.6 Å². The summed E-state index contributed by atoms with van der Waals surface area (Å²) in [6.07, 6.45) is 3.42. The van der Waals surface area contributed by atoms with Gasteiger partial charge in [-0.05, 0) is 51.1 Å². The van der Waals surface area contributed by atoms with Crippen molar-refractivity contribution in [2.24, 2.45) is 12.0 Å². The number of carbonyl (C=O) groups is 1. The number of likely N-dealkylation sites (tertiary alicyclic amines) is 1. The van der Waals surface area contributed by atoms with Crippen LogP contribution in [-0.4, -0.2) is 56.7 Å². The summed E-state index contributed by atoms with van der Waals surface area (Å²) < 4.78 is 31.0. The zero-order valence-electron chi connectivity index (χ0n) is 23.4. The van der Waals surface area contributed by atoms with Crippen LogP contribution >= 0.6 is 11.3 Å². The molecule has 1 amide bonds. The molecule has 3 N–H and O–H groups in total. The number of hydrogen-bond acceptors (Lipinski definition) is 7. The first-order chi connectivity index (χ1) is 20.2. The van der Waals surface area contributed by atoms with Gasteiger partial charge >= 0.3 is 10.8 Å². The molecule has 1 fully saturated rings. The van der Waals surface area contributed by atoms with Crippen LogP contribution in [-0.2, 0) is 13.6 Å². The Hall–Kier alpha value is -4.13. The van der Waals surface area contributed by atoms with Crippen molar-refractivity contribution < 1.29 is 18.9 Å². The molecule has 0 unspecified atom stereocenters. The van der Waals surface area contributed by atoms with E-state index in [9.17, 15) is 18.4 Å². The number of hydrogen-bond donors (Lipinski definition) is 2. The van der Waals surface area contributed by atoms with Gasteiger partial charge < -0.3 is 10.2 Å². The van der Waals surface area contributed by atoms with Crippen molar-refractivity contribution >= 4 is 34.6 Å². The standard InChI is InChI=1S/C30H29F2N7O2S/c1-30(33-2)11-13-39(14-12-30)27(40)17-7-9-19(10-8-17)36-28-35-16-18-15-34-24(22-20(31)5-4-6-21(22)32)26-25(23(18)37-28)38(3)29(41)42-26/h4-10,16,33H,11-15H2,1-3H3,(H,35,36,37)/p+1. The molecule has 4 heterocycles. The molecule has 1 saturated heterocycles. The van der Waals surface area contributed by atoms with Crippen LogP contribution in [0.4, 0.5) is 20.4 Å². The van der Waals surface area contributed by atoms with E-state index in [1.807, 2.05) is 24.1 Å². The minimum Gasteiger partial charge on any atom is -0.339 e. The van der Waals surface area contributed by atoms with Crippen LogP contribution in [0.5, 0.6) is 0 Å². The summed E-state index contributed by atoms with van der Waals surface area (Å²) in [4.78, 5) is 41.5. The number of halogens is 2. The molecule has 2 aromatic heterocycles. The summed E-state index contributed by atoms with van der Waals surface area (Å²) in [5.74, 6) is -1.12. The minimum absolute atomic E-state index is 0.00832. The quantitative estimate of drug-likeness (QED) is 0.347. The largest absolute Gasteiger partial charge is 0.339 e. The third-order valence-corrected chi connectivity index (χ3v) is 9.19. The predicted octanol–water partition coefficient (Wildman–Crippen LogP) is 3.27. The van der Waals surface area contributed by atoms with E-state index in [0.29, 0.717) is 46.4 Å². The van der Waals surface area contributed by atoms with E-state index >= 15 is 0 Å². The Bertz CT molecular complexity index is 1750. The van der Waals surface area contributed by atoms with Crippen molar-refractivity contribution in [1.29, 1.82) is 0 Å². The Balaban J connectivity index is 1.26. The minimum atomic E-state index is -0.757. The maximum absolute atomic E-state index is 14.8. The molecule has 2 aliphatic heterocycles. The Morgan fingerprint density at radius 3 is 2.45 bits per heavy atom. The lowest BCUT2D eigenvalue weighted by Crippen LogP contribution is -2.72. The van der Waals surface area contributed by atoms with Crippen molar-refractivity contribution in [2.45, 2.75) is 31.8 Å². The number of nitrogens with zero attached hydrogens (tertiary/aromatic N) is 5. The highest BCUT2D eigenvalue weighted by Crippen LogP contribution is 2.34. The van der Waals surface area contributed by atoms with Gasteiger partial charge in [0.05, 0.1) is 28.4 Å². The van der Waals surface area contributed by atoms with Gasteiger partial charge in [0.15, 0.2) is 0 Å². The average Bonchev–Trinajstić information content (AvgIpc) is 3.19. The fourth-order valence-electron chi connectivity index (χ4n) is 5.34. The van der Waals surface area contributed by atoms with Gasteiger partial charge in [0.2, 0.25) is 0 Å². The monoisotopic (exact) mass is 590 g/mol. The van der Waals surface area contributed by atoms with Crippen LogP contribution < -0.4 is 15.5 Å². The van der Waals surface area contributed by atoms with Crippen LogP contribution in [0.1, 0.15) is 46.1 Å². The molecule has 42 heavy (non-hydrogen) atoms. The molecule has 6 rings (SSSR count). The molecule has 216 valence electrons. The molecule has 2 aliphatic rings. The van der Waals surface area contributed by atoms with Crippen molar-refractivity contribution in [3.63, 3.8) is 0 Å². The maximum atomic E-state index is 14.8. The number of nitrogens with two attached hydrogens (primary N) is 1. The van der Waals surface area contributed by atoms with E-state index in [0.717, 1.165) is 29.9 Å². The lowest BCUT2D eigenvalue weighted by Gasteiger charge is -2.39. The normalized spacial score (nSPS) is 15.9. The molecule has 0 radical (unpaired) electrons. The summed E-state index contributed by atoms with van der Waals surface area (Å²) in [6, 6.07) is 10.9. The second kappa shape index (κ2) is 10.9. The van der Waals surface area contributed by atoms with E-state index in [2.05, 4.69) is 22.2 Å². The number of amides is 1. The number of quaternary nitrogens is 1. The smallest absolute Gasteiger partial charge is 0.331 e. The molecular weight excluding hydrogens is 560 g/mol. The first-order valence-electron chi connectivity index (χ1n) is 13.7. The summed E-state index contributed by atoms with van der Waals surface area (Å²) >= 11 is 0.874. The number of rotatable bonds is 5. The predicted molar refractivity (Wildman–Crippen MR) is 157 cm³/mol. The number of aromatic nitrogens is 3. The highest BCUT2D eigenvalue weighted by molar-refractivity contribution is 7.12. The van der Waals surface area contributed by atoms with E-state index in [-0.39, 0.29) is 34.1 Å². The highest BCUT2D eigenvalue weighted by Gasteiger charge is 2.31. The number of aliphatic imine (C=N–C) groups is 1. The molecule has 0 bridgehead atoms. The van der Waals surface area contributed by atoms with Gasteiger partial charge in [0, 0.05) is 55.1 Å². The highest BCUT2D eigenvalue weighted by atomic mass is 32.1. The number of carbonyl (C=O) groups excluding carboxylic acids is 1. The Morgan fingerprint density at radius 1 is 1.10 bits per heavy atom. The van der Waals surface area contributed by atoms with Crippen LogP contribution in [0.3, 0.4) is 0 Å². The zero-order valence-corrected chi connectivity index (χ0v) is 24.3. The number of piperidine rings is 1. The van der Waals surface area contributed by atoms with Gasteiger partial charge in [-0.15, -0.1) is 0 Å². The fraction of sp³-hybridized carbons (Fsp3) is 0.300. The molecule has 0 saturated carbocycles. The first-order valence-corrected chi connectivity index (χ1v) is 14.5. The molecule has 0 spiro atoms. The zero-order chi connectivity index (χ0) is 29.6. The van der Waals surface area contributed by atoms with Gasteiger partial charge in [-0.1, -0.05) is 17.4 Å². The molecular formula is C30H30F2N7O2S+. The average molecular weight is 591 g/mol. The van der Waals surface area contributed by atoms with Gasteiger partial charge in [0.25, 0.3) is 5.91 Å². The number of thiazole rings is 1. The second-order valence-electron chi connectivity index (χ2n) is 10.8. The maximum Gasteiger partial charge on any atom is 0.331 e. The molecule has 4 aromatic rings. The second-order valence-corrected chi connectivity index (χ2v) is 11.8. The van der Waals surface area contributed by atoms with E-state index in [1.165, 1.54) is 22.8 Å². The van der Waals surface area contributed by atoms with Crippen molar-refractivity contribution in [2.75, 3.05) is 20.1 Å². The molecule has 0 aliphatic carbocycles. The summed E-state index contributed by atoms with van der Waals surface area (Å²) in [5.41, 5.74) is 2.82. The van der Waals surface area contributed by atoms with E-state index in [1.54, 1.807) is 30.7 Å². The van der Waals surface area contributed by atoms with Crippen LogP contribution in [0, 0.1) is 11.6 Å². The number of benzene rings is 2. The van der Waals surface area contributed by atoms with Gasteiger partial charge in [0.1, 0.15) is 23.0 Å². The van der Waals surface area contributed by atoms with Crippen molar-refractivity contribution in [3.05, 3.63) is 91.5 Å². The number of nitrogens with one attached hydrogen (secondary N) is 1. The summed E-state index contributed by atoms with van der Waals surface area (Å²) in [6.45, 7) is 3.68. The van der Waals surface area contributed by atoms with Crippen LogP contribution in [0.2, 0.25) is 0 Å². The topological polar surface area (TPSA) is 109 Å². The Kier molecular flexibility index (Phi) is 7.29. The first kappa shape index (κ1) is 28.0. The van der Waals surface area contributed by atoms with E-state index in [4.69, 9.17) is 4.98 Å². The Morgan fingerprint density at radius 2 is 1.79 bits per heavy atom. The number of fused-ring (bicyclic) bond motifs is 3. The van der Waals surface area contributed by atoms with Crippen LogP contribution in [0.15, 0.2) is 58.4 Å². The van der Waals surface area contributed by atoms with Crippen molar-refractivity contribution in [3.8, 4) is 11.4 Å². The van der Waals surface area contributed by atoms with Crippen molar-refractivity contribution in [1.82, 2.24) is 24.8 Å². The van der Waals surface area contributed by atoms with Gasteiger partial charge in [-0.25, -0.2) is 14.1 Å². The summed E-state index contributed by atoms with van der Waals surface area (Å²) in [7, 11) is 3.56. The lowest BCUT2D eigenvalue weighted by molar-refractivity contribution is -0.487. The fourth-order valence-corrected chi connectivity index (χ4v) is 6.34. The molecule has 9 nitrogen and oxygen atoms in total. The third kappa shape index (κ3) is 5.06.